The first-order valence-electron chi connectivity index (χ1n) is 6.84. The highest BCUT2D eigenvalue weighted by Crippen LogP contribution is 2.38. The Bertz CT molecular complexity index is 849. The van der Waals surface area contributed by atoms with Crippen LogP contribution in [0.5, 0.6) is 0 Å². The lowest BCUT2D eigenvalue weighted by atomic mass is 10.1. The maximum absolute atomic E-state index is 12.9. The second-order valence-electron chi connectivity index (χ2n) is 4.92. The van der Waals surface area contributed by atoms with Gasteiger partial charge in [-0.2, -0.15) is 0 Å². The van der Waals surface area contributed by atoms with Gasteiger partial charge in [0.15, 0.2) is 0 Å². The van der Waals surface area contributed by atoms with Crippen LogP contribution in [-0.2, 0) is 6.54 Å². The largest absolute Gasteiger partial charge is 0.306 e. The van der Waals surface area contributed by atoms with E-state index in [9.17, 15) is 4.79 Å². The maximum atomic E-state index is 12.9. The number of pyridine rings is 1. The number of rotatable bonds is 1. The lowest BCUT2D eigenvalue weighted by Gasteiger charge is -2.11. The van der Waals surface area contributed by atoms with Gasteiger partial charge in [-0.1, -0.05) is 30.3 Å². The van der Waals surface area contributed by atoms with E-state index in [-0.39, 0.29) is 5.56 Å². The molecule has 0 radical (unpaired) electrons. The number of fused-ring (bicyclic) bond motifs is 3. The molecule has 1 aliphatic rings. The van der Waals surface area contributed by atoms with E-state index in [2.05, 4.69) is 17.5 Å². The van der Waals surface area contributed by atoms with Crippen molar-refractivity contribution in [2.45, 2.75) is 11.4 Å². The lowest BCUT2D eigenvalue weighted by Crippen LogP contribution is -2.23. The van der Waals surface area contributed by atoms with Crippen LogP contribution in [0.2, 0.25) is 0 Å². The van der Waals surface area contributed by atoms with Crippen LogP contribution >= 0.6 is 23.1 Å². The van der Waals surface area contributed by atoms with E-state index < -0.39 is 0 Å². The molecule has 0 bridgehead atoms. The van der Waals surface area contributed by atoms with Crippen molar-refractivity contribution in [1.29, 1.82) is 0 Å². The highest BCUT2D eigenvalue weighted by Gasteiger charge is 2.18. The number of nitrogens with zero attached hydrogens (tertiary/aromatic N) is 1. The van der Waals surface area contributed by atoms with Gasteiger partial charge >= 0.3 is 0 Å². The van der Waals surface area contributed by atoms with Gasteiger partial charge in [0.2, 0.25) is 0 Å². The number of thioether (sulfide) groups is 1. The Labute approximate surface area is 131 Å². The van der Waals surface area contributed by atoms with Crippen molar-refractivity contribution in [3.05, 3.63) is 64.3 Å². The van der Waals surface area contributed by atoms with Crippen molar-refractivity contribution >= 4 is 23.1 Å². The Morgan fingerprint density at radius 3 is 2.71 bits per heavy atom. The second-order valence-corrected chi connectivity index (χ2v) is 6.97. The van der Waals surface area contributed by atoms with Gasteiger partial charge in [0.1, 0.15) is 0 Å². The summed E-state index contributed by atoms with van der Waals surface area (Å²) in [7, 11) is 0. The molecule has 0 saturated carbocycles. The molecule has 2 nitrogen and oxygen atoms in total. The molecule has 0 saturated heterocycles. The van der Waals surface area contributed by atoms with E-state index >= 15 is 0 Å². The molecular weight excluding hydrogens is 298 g/mol. The van der Waals surface area contributed by atoms with Crippen molar-refractivity contribution in [1.82, 2.24) is 4.57 Å². The Morgan fingerprint density at radius 1 is 1.00 bits per heavy atom. The Hall–Kier alpha value is -1.78. The molecule has 2 aromatic heterocycles. The molecule has 21 heavy (non-hydrogen) atoms. The number of benzene rings is 1. The summed E-state index contributed by atoms with van der Waals surface area (Å²) in [4.78, 5) is 15.4. The summed E-state index contributed by atoms with van der Waals surface area (Å²) in [5, 5.41) is 2.10. The van der Waals surface area contributed by atoms with Gasteiger partial charge in [-0.05, 0) is 29.1 Å². The molecule has 0 N–H and O–H groups in total. The molecule has 0 aliphatic carbocycles. The fourth-order valence-corrected chi connectivity index (χ4v) is 4.81. The Kier molecular flexibility index (Phi) is 3.20. The van der Waals surface area contributed by atoms with Crippen LogP contribution in [-0.4, -0.2) is 10.3 Å². The van der Waals surface area contributed by atoms with Crippen molar-refractivity contribution in [2.24, 2.45) is 0 Å². The highest BCUT2D eigenvalue weighted by atomic mass is 32.2. The van der Waals surface area contributed by atoms with Gasteiger partial charge in [-0.15, -0.1) is 23.1 Å². The van der Waals surface area contributed by atoms with Gasteiger partial charge in [0.25, 0.3) is 5.56 Å². The standard InChI is InChI=1S/C17H13NOS2/c19-17-13(12-4-2-1-3-5-12)6-7-14-16-15(8-10-21-16)20-11-9-18(14)17/h1-8,10H,9,11H2. The number of aromatic nitrogens is 1. The van der Waals surface area contributed by atoms with Crippen LogP contribution in [0.4, 0.5) is 0 Å². The average molecular weight is 311 g/mol. The molecule has 4 rings (SSSR count). The molecule has 3 heterocycles. The molecule has 4 heteroatoms. The SMILES string of the molecule is O=c1c(-c2ccccc2)ccc2n1CCSc1ccsc1-2. The molecule has 0 atom stereocenters. The lowest BCUT2D eigenvalue weighted by molar-refractivity contribution is 0.750. The third kappa shape index (κ3) is 2.15. The predicted molar refractivity (Wildman–Crippen MR) is 90.2 cm³/mol. The third-order valence-electron chi connectivity index (χ3n) is 3.69. The van der Waals surface area contributed by atoms with E-state index in [1.165, 1.54) is 9.77 Å². The van der Waals surface area contributed by atoms with Gasteiger partial charge in [0, 0.05) is 22.8 Å². The summed E-state index contributed by atoms with van der Waals surface area (Å²) in [6, 6.07) is 16.1. The zero-order valence-electron chi connectivity index (χ0n) is 11.3. The minimum absolute atomic E-state index is 0.112. The van der Waals surface area contributed by atoms with Crippen LogP contribution < -0.4 is 5.56 Å². The summed E-state index contributed by atoms with van der Waals surface area (Å²) in [6.45, 7) is 0.765. The normalized spacial score (nSPS) is 13.3. The van der Waals surface area contributed by atoms with Crippen molar-refractivity contribution < 1.29 is 0 Å². The van der Waals surface area contributed by atoms with Crippen LogP contribution in [0.25, 0.3) is 21.7 Å². The summed E-state index contributed by atoms with van der Waals surface area (Å²) in [5.41, 5.74) is 2.93. The van der Waals surface area contributed by atoms with E-state index in [0.717, 1.165) is 29.1 Å². The van der Waals surface area contributed by atoms with E-state index in [1.807, 2.05) is 52.7 Å². The van der Waals surface area contributed by atoms with Crippen molar-refractivity contribution in [3.63, 3.8) is 0 Å². The van der Waals surface area contributed by atoms with E-state index in [4.69, 9.17) is 0 Å². The monoisotopic (exact) mass is 311 g/mol. The van der Waals surface area contributed by atoms with Crippen LogP contribution in [0.15, 0.2) is 63.6 Å². The minimum Gasteiger partial charge on any atom is -0.306 e. The smallest absolute Gasteiger partial charge is 0.258 e. The highest BCUT2D eigenvalue weighted by molar-refractivity contribution is 7.99. The van der Waals surface area contributed by atoms with Gasteiger partial charge in [-0.25, -0.2) is 0 Å². The molecule has 0 amide bonds. The van der Waals surface area contributed by atoms with Gasteiger partial charge in [0.05, 0.1) is 10.6 Å². The number of thiophene rings is 1. The Morgan fingerprint density at radius 2 is 1.86 bits per heavy atom. The average Bonchev–Trinajstić information content (AvgIpc) is 2.91. The summed E-state index contributed by atoms with van der Waals surface area (Å²) in [6.07, 6.45) is 0. The summed E-state index contributed by atoms with van der Waals surface area (Å²) >= 11 is 3.55. The van der Waals surface area contributed by atoms with E-state index in [1.54, 1.807) is 11.3 Å². The first-order valence-corrected chi connectivity index (χ1v) is 8.71. The van der Waals surface area contributed by atoms with Crippen LogP contribution in [0.3, 0.4) is 0 Å². The van der Waals surface area contributed by atoms with Crippen molar-refractivity contribution in [3.8, 4) is 21.7 Å². The summed E-state index contributed by atoms with van der Waals surface area (Å²) in [5.74, 6) is 0.939. The molecule has 1 aliphatic heterocycles. The molecule has 0 spiro atoms. The topological polar surface area (TPSA) is 22.0 Å². The zero-order valence-corrected chi connectivity index (χ0v) is 12.9. The molecular formula is C17H13NOS2. The van der Waals surface area contributed by atoms with Gasteiger partial charge in [-0.3, -0.25) is 4.79 Å². The first kappa shape index (κ1) is 12.9. The third-order valence-corrected chi connectivity index (χ3v) is 5.80. The zero-order chi connectivity index (χ0) is 14.2. The minimum atomic E-state index is 0.112. The molecule has 1 aromatic carbocycles. The maximum Gasteiger partial charge on any atom is 0.258 e. The van der Waals surface area contributed by atoms with Crippen LogP contribution in [0.1, 0.15) is 0 Å². The summed E-state index contributed by atoms with van der Waals surface area (Å²) < 4.78 is 1.93. The fourth-order valence-electron chi connectivity index (χ4n) is 2.68. The molecule has 0 fully saturated rings. The molecule has 3 aromatic rings. The molecule has 0 unspecified atom stereocenters. The fraction of sp³-hybridized carbons (Fsp3) is 0.118. The molecule has 104 valence electrons. The Balaban J connectivity index is 1.95. The van der Waals surface area contributed by atoms with Gasteiger partial charge < -0.3 is 4.57 Å². The number of hydrogen-bond acceptors (Lipinski definition) is 3. The first-order chi connectivity index (χ1) is 10.3. The van der Waals surface area contributed by atoms with Crippen molar-refractivity contribution in [2.75, 3.05) is 5.75 Å². The quantitative estimate of drug-likeness (QED) is 0.666. The number of hydrogen-bond donors (Lipinski definition) is 0. The van der Waals surface area contributed by atoms with Crippen LogP contribution in [0, 0.1) is 0 Å². The van der Waals surface area contributed by atoms with E-state index in [0.29, 0.717) is 0 Å². The predicted octanol–water partition coefficient (Wildman–Crippen LogP) is 4.35. The second kappa shape index (κ2) is 5.20.